The third kappa shape index (κ3) is 2.57. The molecule has 0 bridgehead atoms. The van der Waals surface area contributed by atoms with Gasteiger partial charge in [-0.25, -0.2) is 4.98 Å². The second kappa shape index (κ2) is 6.21. The summed E-state index contributed by atoms with van der Waals surface area (Å²) in [4.78, 5) is 7.11. The molecule has 0 radical (unpaired) electrons. The van der Waals surface area contributed by atoms with Crippen LogP contribution in [0.25, 0.3) is 16.7 Å². The third-order valence-electron chi connectivity index (χ3n) is 5.45. The van der Waals surface area contributed by atoms with E-state index in [1.54, 1.807) is 0 Å². The van der Waals surface area contributed by atoms with Gasteiger partial charge >= 0.3 is 0 Å². The van der Waals surface area contributed by atoms with Crippen LogP contribution in [0.1, 0.15) is 43.4 Å². The average Bonchev–Trinajstić information content (AvgIpc) is 3.32. The molecule has 132 valence electrons. The molecule has 3 aromatic heterocycles. The average molecular weight is 347 g/mol. The van der Waals surface area contributed by atoms with Crippen LogP contribution < -0.4 is 0 Å². The van der Waals surface area contributed by atoms with Gasteiger partial charge in [-0.3, -0.25) is 9.30 Å². The Bertz CT molecular complexity index is 1010. The fourth-order valence-electron chi connectivity index (χ4n) is 3.91. The molecule has 4 aromatic rings. The number of aromatic nitrogens is 4. The molecule has 6 heteroatoms. The minimum absolute atomic E-state index is 0.179. The van der Waals surface area contributed by atoms with Gasteiger partial charge in [-0.05, 0) is 57.1 Å². The Morgan fingerprint density at radius 3 is 2.69 bits per heavy atom. The Balaban J connectivity index is 1.32. The summed E-state index contributed by atoms with van der Waals surface area (Å²) in [6.07, 6.45) is 4.19. The molecule has 26 heavy (non-hydrogen) atoms. The number of fused-ring (bicyclic) bond motifs is 2. The van der Waals surface area contributed by atoms with Crippen molar-refractivity contribution < 1.29 is 4.42 Å². The molecule has 1 aromatic carbocycles. The number of benzene rings is 1. The molecule has 1 saturated heterocycles. The SMILES string of the molecule is C[C@@H](c1nc2ccccc2o1)N1CCC(c2nnc3ccccn23)CC1. The van der Waals surface area contributed by atoms with Crippen LogP contribution in [-0.2, 0) is 0 Å². The summed E-state index contributed by atoms with van der Waals surface area (Å²) in [5, 5.41) is 8.73. The van der Waals surface area contributed by atoms with Crippen LogP contribution in [0.4, 0.5) is 0 Å². The van der Waals surface area contributed by atoms with Gasteiger partial charge in [-0.2, -0.15) is 0 Å². The van der Waals surface area contributed by atoms with Crippen LogP contribution in [0.15, 0.2) is 53.1 Å². The molecule has 1 aliphatic rings. The number of oxazole rings is 1. The van der Waals surface area contributed by atoms with Crippen molar-refractivity contribution >= 4 is 16.7 Å². The quantitative estimate of drug-likeness (QED) is 0.564. The van der Waals surface area contributed by atoms with Crippen molar-refractivity contribution in [3.05, 3.63) is 60.4 Å². The molecule has 0 spiro atoms. The van der Waals surface area contributed by atoms with Crippen molar-refractivity contribution in [2.75, 3.05) is 13.1 Å². The molecule has 0 amide bonds. The highest BCUT2D eigenvalue weighted by Crippen LogP contribution is 2.32. The molecule has 0 N–H and O–H groups in total. The van der Waals surface area contributed by atoms with Crippen LogP contribution in [0, 0.1) is 0 Å². The van der Waals surface area contributed by atoms with E-state index < -0.39 is 0 Å². The third-order valence-corrected chi connectivity index (χ3v) is 5.45. The van der Waals surface area contributed by atoms with E-state index in [9.17, 15) is 0 Å². The van der Waals surface area contributed by atoms with Gasteiger partial charge < -0.3 is 4.42 Å². The van der Waals surface area contributed by atoms with Crippen LogP contribution in [0.2, 0.25) is 0 Å². The van der Waals surface area contributed by atoms with Crippen molar-refractivity contribution in [2.45, 2.75) is 31.7 Å². The van der Waals surface area contributed by atoms with Gasteiger partial charge in [-0.15, -0.1) is 10.2 Å². The lowest BCUT2D eigenvalue weighted by Crippen LogP contribution is -2.35. The predicted molar refractivity (Wildman–Crippen MR) is 99.0 cm³/mol. The molecular weight excluding hydrogens is 326 g/mol. The minimum Gasteiger partial charge on any atom is -0.439 e. The predicted octanol–water partition coefficient (Wildman–Crippen LogP) is 3.81. The second-order valence-corrected chi connectivity index (χ2v) is 6.99. The van der Waals surface area contributed by atoms with Crippen molar-refractivity contribution in [1.29, 1.82) is 0 Å². The zero-order chi connectivity index (χ0) is 17.5. The maximum atomic E-state index is 5.96. The van der Waals surface area contributed by atoms with Gasteiger partial charge in [0.1, 0.15) is 11.3 Å². The van der Waals surface area contributed by atoms with Gasteiger partial charge in [-0.1, -0.05) is 18.2 Å². The lowest BCUT2D eigenvalue weighted by molar-refractivity contribution is 0.142. The molecule has 1 aliphatic heterocycles. The van der Waals surface area contributed by atoms with Crippen molar-refractivity contribution in [3.8, 4) is 0 Å². The smallest absolute Gasteiger partial charge is 0.212 e. The van der Waals surface area contributed by atoms with Gasteiger partial charge in [0.25, 0.3) is 0 Å². The maximum Gasteiger partial charge on any atom is 0.212 e. The van der Waals surface area contributed by atoms with Crippen LogP contribution >= 0.6 is 0 Å². The van der Waals surface area contributed by atoms with E-state index in [0.29, 0.717) is 5.92 Å². The summed E-state index contributed by atoms with van der Waals surface area (Å²) in [6.45, 7) is 4.19. The summed E-state index contributed by atoms with van der Waals surface area (Å²) in [7, 11) is 0. The number of rotatable bonds is 3. The lowest BCUT2D eigenvalue weighted by Gasteiger charge is -2.34. The van der Waals surface area contributed by atoms with E-state index in [4.69, 9.17) is 4.42 Å². The number of nitrogens with zero attached hydrogens (tertiary/aromatic N) is 5. The summed E-state index contributed by atoms with van der Waals surface area (Å²) in [5.41, 5.74) is 2.71. The number of piperidine rings is 1. The zero-order valence-electron chi connectivity index (χ0n) is 14.7. The highest BCUT2D eigenvalue weighted by Gasteiger charge is 2.29. The van der Waals surface area contributed by atoms with Gasteiger partial charge in [0.15, 0.2) is 11.2 Å². The number of hydrogen-bond donors (Lipinski definition) is 0. The summed E-state index contributed by atoms with van der Waals surface area (Å²) < 4.78 is 8.08. The van der Waals surface area contributed by atoms with E-state index in [1.165, 1.54) is 0 Å². The summed E-state index contributed by atoms with van der Waals surface area (Å²) >= 11 is 0. The van der Waals surface area contributed by atoms with Crippen LogP contribution in [0.5, 0.6) is 0 Å². The highest BCUT2D eigenvalue weighted by molar-refractivity contribution is 5.72. The van der Waals surface area contributed by atoms with Gasteiger partial charge in [0.05, 0.1) is 6.04 Å². The monoisotopic (exact) mass is 347 g/mol. The van der Waals surface area contributed by atoms with Crippen LogP contribution in [-0.4, -0.2) is 37.6 Å². The number of hydrogen-bond acceptors (Lipinski definition) is 5. The minimum atomic E-state index is 0.179. The Labute approximate surface area is 151 Å². The normalized spacial score (nSPS) is 17.9. The fourth-order valence-corrected chi connectivity index (χ4v) is 3.91. The van der Waals surface area contributed by atoms with Crippen molar-refractivity contribution in [3.63, 3.8) is 0 Å². The van der Waals surface area contributed by atoms with Crippen LogP contribution in [0.3, 0.4) is 0 Å². The second-order valence-electron chi connectivity index (χ2n) is 6.99. The standard InChI is InChI=1S/C20H21N5O/c1-14(20-21-16-6-2-3-7-17(16)26-20)24-12-9-15(10-13-24)19-23-22-18-8-4-5-11-25(18)19/h2-8,11,14-15H,9-10,12-13H2,1H3/t14-/m0/s1. The van der Waals surface area contributed by atoms with Crippen molar-refractivity contribution in [1.82, 2.24) is 24.5 Å². The fraction of sp³-hybridized carbons (Fsp3) is 0.350. The lowest BCUT2D eigenvalue weighted by atomic mass is 9.95. The molecule has 4 heterocycles. The number of pyridine rings is 1. The van der Waals surface area contributed by atoms with Gasteiger partial charge in [0, 0.05) is 12.1 Å². The molecule has 1 fully saturated rings. The van der Waals surface area contributed by atoms with E-state index >= 15 is 0 Å². The Hall–Kier alpha value is -2.73. The maximum absolute atomic E-state index is 5.96. The van der Waals surface area contributed by atoms with E-state index in [0.717, 1.165) is 54.4 Å². The molecule has 1 atom stereocenters. The first-order valence-corrected chi connectivity index (χ1v) is 9.19. The van der Waals surface area contributed by atoms with E-state index in [1.807, 2.05) is 42.5 Å². The van der Waals surface area contributed by atoms with Gasteiger partial charge in [0.2, 0.25) is 5.89 Å². The molecule has 6 nitrogen and oxygen atoms in total. The topological polar surface area (TPSA) is 59.5 Å². The number of likely N-dealkylation sites (tertiary alicyclic amines) is 1. The van der Waals surface area contributed by atoms with Crippen molar-refractivity contribution in [2.24, 2.45) is 0 Å². The van der Waals surface area contributed by atoms with E-state index in [-0.39, 0.29) is 6.04 Å². The van der Waals surface area contributed by atoms with E-state index in [2.05, 4.69) is 37.6 Å². The first-order chi connectivity index (χ1) is 12.8. The molecule has 0 aliphatic carbocycles. The molecular formula is C20H21N5O. The zero-order valence-corrected chi connectivity index (χ0v) is 14.7. The molecule has 5 rings (SSSR count). The first-order valence-electron chi connectivity index (χ1n) is 9.19. The summed E-state index contributed by atoms with van der Waals surface area (Å²) in [5.74, 6) is 2.33. The Kier molecular flexibility index (Phi) is 3.71. The highest BCUT2D eigenvalue weighted by atomic mass is 16.3. The first kappa shape index (κ1) is 15.5. The summed E-state index contributed by atoms with van der Waals surface area (Å²) in [6, 6.07) is 14.2. The Morgan fingerprint density at radius 2 is 1.85 bits per heavy atom. The molecule has 0 unspecified atom stereocenters. The number of para-hydroxylation sites is 2. The largest absolute Gasteiger partial charge is 0.439 e. The Morgan fingerprint density at radius 1 is 1.04 bits per heavy atom. The molecule has 0 saturated carbocycles.